The lowest BCUT2D eigenvalue weighted by Crippen LogP contribution is -2.26. The van der Waals surface area contributed by atoms with E-state index in [-0.39, 0.29) is 4.47 Å². The summed E-state index contributed by atoms with van der Waals surface area (Å²) in [5.74, 6) is -1.27. The molecule has 0 bridgehead atoms. The van der Waals surface area contributed by atoms with Gasteiger partial charge in [0.15, 0.2) is 0 Å². The molecule has 0 atom stereocenters. The van der Waals surface area contributed by atoms with Gasteiger partial charge in [0.2, 0.25) is 0 Å². The highest BCUT2D eigenvalue weighted by molar-refractivity contribution is 9.10. The van der Waals surface area contributed by atoms with Gasteiger partial charge in [-0.25, -0.2) is 13.5 Å². The molecule has 0 aliphatic carbocycles. The van der Waals surface area contributed by atoms with Crippen LogP contribution in [0.1, 0.15) is 12.1 Å². The molecular formula is C7H7BrF2N2O3. The van der Waals surface area contributed by atoms with Gasteiger partial charge in [-0.15, -0.1) is 0 Å². The molecule has 0 aliphatic rings. The van der Waals surface area contributed by atoms with Crippen molar-refractivity contribution in [3.63, 3.8) is 0 Å². The maximum Gasteiger partial charge on any atom is 0.325 e. The van der Waals surface area contributed by atoms with E-state index in [1.54, 1.807) is 0 Å². The van der Waals surface area contributed by atoms with Crippen LogP contribution in [0.15, 0.2) is 9.27 Å². The summed E-state index contributed by atoms with van der Waals surface area (Å²) in [6, 6.07) is 0. The fourth-order valence-electron chi connectivity index (χ4n) is 1.17. The molecule has 0 fully saturated rings. The van der Waals surface area contributed by atoms with Crippen molar-refractivity contribution in [2.45, 2.75) is 13.0 Å². The number of hydrogen-bond donors (Lipinski definition) is 1. The first-order chi connectivity index (χ1) is 6.86. The van der Waals surface area contributed by atoms with Gasteiger partial charge in [-0.05, 0) is 15.9 Å². The third-order valence-corrected chi connectivity index (χ3v) is 2.60. The Morgan fingerprint density at radius 1 is 1.60 bits per heavy atom. The Kier molecular flexibility index (Phi) is 3.28. The van der Waals surface area contributed by atoms with E-state index in [1.165, 1.54) is 7.05 Å². The van der Waals surface area contributed by atoms with Crippen LogP contribution in [0.3, 0.4) is 0 Å². The minimum Gasteiger partial charge on any atom is -0.480 e. The normalized spacial score (nSPS) is 11.0. The van der Waals surface area contributed by atoms with Gasteiger partial charge >= 0.3 is 5.97 Å². The quantitative estimate of drug-likeness (QED) is 0.900. The van der Waals surface area contributed by atoms with Crippen molar-refractivity contribution in [3.8, 4) is 0 Å². The topological polar surface area (TPSA) is 64.2 Å². The molecule has 0 saturated heterocycles. The fourth-order valence-corrected chi connectivity index (χ4v) is 1.81. The Morgan fingerprint density at radius 3 is 2.47 bits per heavy atom. The highest BCUT2D eigenvalue weighted by Gasteiger charge is 2.23. The first-order valence-electron chi connectivity index (χ1n) is 3.81. The first kappa shape index (κ1) is 11.9. The molecule has 15 heavy (non-hydrogen) atoms. The summed E-state index contributed by atoms with van der Waals surface area (Å²) in [5.41, 5.74) is -1.31. The van der Waals surface area contributed by atoms with Gasteiger partial charge in [0.25, 0.3) is 12.0 Å². The Morgan fingerprint density at radius 2 is 2.13 bits per heavy atom. The maximum atomic E-state index is 12.5. The van der Waals surface area contributed by atoms with Crippen LogP contribution < -0.4 is 5.56 Å². The van der Waals surface area contributed by atoms with E-state index in [4.69, 9.17) is 5.11 Å². The predicted octanol–water partition coefficient (Wildman–Crippen LogP) is 0.971. The first-order valence-corrected chi connectivity index (χ1v) is 4.60. The Hall–Kier alpha value is -1.18. The highest BCUT2D eigenvalue weighted by atomic mass is 79.9. The van der Waals surface area contributed by atoms with Gasteiger partial charge in [0.05, 0.1) is 0 Å². The maximum absolute atomic E-state index is 12.5. The summed E-state index contributed by atoms with van der Waals surface area (Å²) in [4.78, 5) is 21.7. The summed E-state index contributed by atoms with van der Waals surface area (Å²) in [7, 11) is 1.20. The SMILES string of the molecule is Cn1c(C(F)F)c(Br)c(=O)n1CC(=O)O. The van der Waals surface area contributed by atoms with Crippen molar-refractivity contribution in [2.24, 2.45) is 7.05 Å². The lowest BCUT2D eigenvalue weighted by molar-refractivity contribution is -0.138. The van der Waals surface area contributed by atoms with Crippen molar-refractivity contribution in [2.75, 3.05) is 0 Å². The predicted molar refractivity (Wildman–Crippen MR) is 50.0 cm³/mol. The molecule has 0 unspecified atom stereocenters. The molecule has 84 valence electrons. The number of carboxylic acid groups (broad SMARTS) is 1. The molecule has 1 aromatic heterocycles. The number of aromatic nitrogens is 2. The number of halogens is 3. The van der Waals surface area contributed by atoms with E-state index in [9.17, 15) is 18.4 Å². The third-order valence-electron chi connectivity index (χ3n) is 1.85. The second-order valence-electron chi connectivity index (χ2n) is 2.78. The van der Waals surface area contributed by atoms with Crippen molar-refractivity contribution < 1.29 is 18.7 Å². The summed E-state index contributed by atoms with van der Waals surface area (Å²) in [6.07, 6.45) is -2.84. The Balaban J connectivity index is 3.36. The molecule has 0 aliphatic heterocycles. The largest absolute Gasteiger partial charge is 0.480 e. The van der Waals surface area contributed by atoms with Gasteiger partial charge in [-0.3, -0.25) is 14.3 Å². The number of carboxylic acids is 1. The molecule has 0 spiro atoms. The summed E-state index contributed by atoms with van der Waals surface area (Å²) >= 11 is 2.72. The van der Waals surface area contributed by atoms with E-state index in [1.807, 2.05) is 0 Å². The summed E-state index contributed by atoms with van der Waals surface area (Å²) in [6.45, 7) is -0.652. The molecule has 1 rings (SSSR count). The average Bonchev–Trinajstić information content (AvgIpc) is 2.29. The van der Waals surface area contributed by atoms with E-state index >= 15 is 0 Å². The molecule has 1 aromatic rings. The summed E-state index contributed by atoms with van der Waals surface area (Å²) < 4.78 is 26.2. The van der Waals surface area contributed by atoms with Gasteiger partial charge in [-0.1, -0.05) is 0 Å². The van der Waals surface area contributed by atoms with Crippen molar-refractivity contribution in [3.05, 3.63) is 20.5 Å². The van der Waals surface area contributed by atoms with Crippen LogP contribution in [-0.2, 0) is 18.4 Å². The number of carbonyl (C=O) groups is 1. The van der Waals surface area contributed by atoms with Crippen LogP contribution in [0, 0.1) is 0 Å². The van der Waals surface area contributed by atoms with Crippen LogP contribution in [0.5, 0.6) is 0 Å². The van der Waals surface area contributed by atoms with Crippen LogP contribution in [0.4, 0.5) is 8.78 Å². The molecule has 0 saturated carbocycles. The summed E-state index contributed by atoms with van der Waals surface area (Å²) in [5, 5.41) is 8.48. The molecule has 1 N–H and O–H groups in total. The molecular weight excluding hydrogens is 278 g/mol. The number of rotatable bonds is 3. The number of nitrogens with zero attached hydrogens (tertiary/aromatic N) is 2. The van der Waals surface area contributed by atoms with Crippen molar-refractivity contribution >= 4 is 21.9 Å². The Labute approximate surface area is 91.0 Å². The van der Waals surface area contributed by atoms with Gasteiger partial charge < -0.3 is 5.11 Å². The van der Waals surface area contributed by atoms with Crippen molar-refractivity contribution in [1.82, 2.24) is 9.36 Å². The minimum atomic E-state index is -2.84. The molecule has 0 aromatic carbocycles. The zero-order valence-electron chi connectivity index (χ0n) is 7.58. The lowest BCUT2D eigenvalue weighted by Gasteiger charge is -2.06. The van der Waals surface area contributed by atoms with E-state index in [2.05, 4.69) is 15.9 Å². The monoisotopic (exact) mass is 284 g/mol. The average molecular weight is 285 g/mol. The molecule has 1 heterocycles. The third kappa shape index (κ3) is 2.09. The second-order valence-corrected chi connectivity index (χ2v) is 3.57. The molecule has 8 heteroatoms. The molecule has 5 nitrogen and oxygen atoms in total. The second kappa shape index (κ2) is 4.13. The smallest absolute Gasteiger partial charge is 0.325 e. The minimum absolute atomic E-state index is 0.304. The van der Waals surface area contributed by atoms with Crippen LogP contribution in [-0.4, -0.2) is 20.4 Å². The van der Waals surface area contributed by atoms with E-state index < -0.39 is 30.2 Å². The number of aliphatic carboxylic acids is 1. The van der Waals surface area contributed by atoms with Gasteiger partial charge in [0, 0.05) is 7.05 Å². The lowest BCUT2D eigenvalue weighted by atomic mass is 10.4. The molecule has 0 radical (unpaired) electrons. The number of alkyl halides is 2. The standard InChI is InChI=1S/C7H7BrF2N2O3/c1-11-5(6(9)10)4(8)7(15)12(11)2-3(13)14/h6H,2H2,1H3,(H,13,14). The van der Waals surface area contributed by atoms with Crippen LogP contribution in [0.25, 0.3) is 0 Å². The zero-order valence-corrected chi connectivity index (χ0v) is 9.16. The van der Waals surface area contributed by atoms with Crippen molar-refractivity contribution in [1.29, 1.82) is 0 Å². The van der Waals surface area contributed by atoms with E-state index in [0.29, 0.717) is 4.68 Å². The fraction of sp³-hybridized carbons (Fsp3) is 0.429. The molecule has 0 amide bonds. The van der Waals surface area contributed by atoms with Gasteiger partial charge in [-0.2, -0.15) is 0 Å². The van der Waals surface area contributed by atoms with Gasteiger partial charge in [0.1, 0.15) is 16.7 Å². The highest BCUT2D eigenvalue weighted by Crippen LogP contribution is 2.24. The van der Waals surface area contributed by atoms with Crippen LogP contribution >= 0.6 is 15.9 Å². The van der Waals surface area contributed by atoms with Crippen LogP contribution in [0.2, 0.25) is 0 Å². The number of hydrogen-bond acceptors (Lipinski definition) is 2. The van der Waals surface area contributed by atoms with E-state index in [0.717, 1.165) is 4.68 Å². The zero-order chi connectivity index (χ0) is 11.7. The Bertz CT molecular complexity index is 452.